The fraction of sp³-hybridized carbons (Fsp3) is 0.455. The van der Waals surface area contributed by atoms with Gasteiger partial charge in [-0.2, -0.15) is 0 Å². The van der Waals surface area contributed by atoms with Crippen LogP contribution in [0.5, 0.6) is 0 Å². The first-order valence-electron chi connectivity index (χ1n) is 4.75. The first kappa shape index (κ1) is 11.8. The van der Waals surface area contributed by atoms with Crippen LogP contribution in [-0.2, 0) is 0 Å². The van der Waals surface area contributed by atoms with Gasteiger partial charge in [-0.1, -0.05) is 30.7 Å². The highest BCUT2D eigenvalue weighted by Crippen LogP contribution is 2.32. The second-order valence-corrected chi connectivity index (χ2v) is 4.64. The van der Waals surface area contributed by atoms with Crippen molar-refractivity contribution in [2.24, 2.45) is 0 Å². The van der Waals surface area contributed by atoms with E-state index in [4.69, 9.17) is 11.6 Å². The third kappa shape index (κ3) is 2.84. The van der Waals surface area contributed by atoms with Crippen LogP contribution in [0.25, 0.3) is 0 Å². The van der Waals surface area contributed by atoms with E-state index in [-0.39, 0.29) is 0 Å². The summed E-state index contributed by atoms with van der Waals surface area (Å²) in [4.78, 5) is 1.21. The molecular formula is C11H16ClNS. The molecule has 0 aliphatic rings. The third-order valence-electron chi connectivity index (χ3n) is 2.30. The summed E-state index contributed by atoms with van der Waals surface area (Å²) in [6.45, 7) is 6.15. The maximum atomic E-state index is 6.08. The molecule has 0 aliphatic carbocycles. The van der Waals surface area contributed by atoms with E-state index in [9.17, 15) is 0 Å². The van der Waals surface area contributed by atoms with Gasteiger partial charge in [0.25, 0.3) is 0 Å². The van der Waals surface area contributed by atoms with Crippen molar-refractivity contribution < 1.29 is 0 Å². The van der Waals surface area contributed by atoms with E-state index in [1.807, 2.05) is 18.5 Å². The van der Waals surface area contributed by atoms with Gasteiger partial charge in [0.15, 0.2) is 0 Å². The van der Waals surface area contributed by atoms with Crippen molar-refractivity contribution in [3.8, 4) is 0 Å². The van der Waals surface area contributed by atoms with Crippen LogP contribution in [0.4, 0.5) is 0 Å². The Balaban J connectivity index is 2.72. The summed E-state index contributed by atoms with van der Waals surface area (Å²) in [7, 11) is 1.96. The fourth-order valence-corrected chi connectivity index (χ4v) is 2.61. The Hall–Kier alpha value is -0.310. The zero-order valence-corrected chi connectivity index (χ0v) is 10.2. The number of hydrogen-bond donors (Lipinski definition) is 1. The first-order chi connectivity index (χ1) is 6.69. The molecular weight excluding hydrogens is 214 g/mol. The molecule has 0 fully saturated rings. The van der Waals surface area contributed by atoms with Crippen LogP contribution in [0.1, 0.15) is 30.7 Å². The van der Waals surface area contributed by atoms with Gasteiger partial charge < -0.3 is 5.32 Å². The van der Waals surface area contributed by atoms with Gasteiger partial charge >= 0.3 is 0 Å². The smallest absolute Gasteiger partial charge is 0.0561 e. The summed E-state index contributed by atoms with van der Waals surface area (Å²) in [5.74, 6) is 0. The van der Waals surface area contributed by atoms with Crippen LogP contribution in [0.2, 0.25) is 5.02 Å². The zero-order valence-electron chi connectivity index (χ0n) is 8.64. The van der Waals surface area contributed by atoms with E-state index >= 15 is 0 Å². The van der Waals surface area contributed by atoms with Crippen molar-refractivity contribution in [1.82, 2.24) is 5.32 Å². The standard InChI is InChI=1S/C11H16ClNS/c1-4-8(2)7-10(13-3)11-9(12)5-6-14-11/h5-6,10,13H,2,4,7H2,1,3H3. The van der Waals surface area contributed by atoms with Gasteiger partial charge in [-0.05, 0) is 31.3 Å². The first-order valence-corrected chi connectivity index (χ1v) is 6.01. The Bertz CT molecular complexity index is 306. The van der Waals surface area contributed by atoms with Crippen molar-refractivity contribution in [2.75, 3.05) is 7.05 Å². The van der Waals surface area contributed by atoms with E-state index in [1.165, 1.54) is 10.5 Å². The minimum atomic E-state index is 0.315. The summed E-state index contributed by atoms with van der Waals surface area (Å²) in [6, 6.07) is 2.26. The lowest BCUT2D eigenvalue weighted by atomic mass is 10.0. The Labute approximate surface area is 94.8 Å². The molecule has 0 spiro atoms. The largest absolute Gasteiger partial charge is 0.312 e. The fourth-order valence-electron chi connectivity index (χ4n) is 1.31. The topological polar surface area (TPSA) is 12.0 Å². The molecule has 0 radical (unpaired) electrons. The van der Waals surface area contributed by atoms with E-state index in [2.05, 4.69) is 18.8 Å². The summed E-state index contributed by atoms with van der Waals surface area (Å²) in [5.41, 5.74) is 1.26. The van der Waals surface area contributed by atoms with Gasteiger partial charge in [-0.15, -0.1) is 11.3 Å². The Kier molecular flexibility index (Phi) is 4.66. The van der Waals surface area contributed by atoms with Gasteiger partial charge in [0.2, 0.25) is 0 Å². The highest BCUT2D eigenvalue weighted by Gasteiger charge is 2.14. The highest BCUT2D eigenvalue weighted by molar-refractivity contribution is 7.10. The molecule has 1 rings (SSSR count). The molecule has 0 saturated heterocycles. The summed E-state index contributed by atoms with van der Waals surface area (Å²) in [5, 5.41) is 6.16. The molecule has 14 heavy (non-hydrogen) atoms. The summed E-state index contributed by atoms with van der Waals surface area (Å²) < 4.78 is 0. The van der Waals surface area contributed by atoms with Crippen LogP contribution in [0, 0.1) is 0 Å². The van der Waals surface area contributed by atoms with E-state index in [1.54, 1.807) is 11.3 Å². The monoisotopic (exact) mass is 229 g/mol. The van der Waals surface area contributed by atoms with Crippen LogP contribution in [0.15, 0.2) is 23.6 Å². The molecule has 0 aromatic carbocycles. The van der Waals surface area contributed by atoms with Crippen LogP contribution in [0.3, 0.4) is 0 Å². The average molecular weight is 230 g/mol. The molecule has 3 heteroatoms. The molecule has 1 heterocycles. The van der Waals surface area contributed by atoms with Crippen molar-refractivity contribution >= 4 is 22.9 Å². The lowest BCUT2D eigenvalue weighted by Crippen LogP contribution is -2.15. The van der Waals surface area contributed by atoms with Gasteiger partial charge in [0.1, 0.15) is 0 Å². The average Bonchev–Trinajstić information content (AvgIpc) is 2.60. The third-order valence-corrected chi connectivity index (χ3v) is 3.77. The zero-order chi connectivity index (χ0) is 10.6. The molecule has 1 unspecified atom stereocenters. The minimum absolute atomic E-state index is 0.315. The predicted octanol–water partition coefficient (Wildman–Crippen LogP) is 4.02. The molecule has 0 saturated carbocycles. The molecule has 0 aliphatic heterocycles. The number of hydrogen-bond acceptors (Lipinski definition) is 2. The lowest BCUT2D eigenvalue weighted by Gasteiger charge is -2.16. The van der Waals surface area contributed by atoms with Gasteiger partial charge in [0.05, 0.1) is 5.02 Å². The molecule has 0 amide bonds. The SMILES string of the molecule is C=C(CC)CC(NC)c1sccc1Cl. The minimum Gasteiger partial charge on any atom is -0.312 e. The number of halogens is 1. The molecule has 1 atom stereocenters. The number of rotatable bonds is 5. The van der Waals surface area contributed by atoms with Crippen molar-refractivity contribution in [2.45, 2.75) is 25.8 Å². The Morgan fingerprint density at radius 3 is 2.86 bits per heavy atom. The van der Waals surface area contributed by atoms with E-state index in [0.717, 1.165) is 17.9 Å². The quantitative estimate of drug-likeness (QED) is 0.753. The molecule has 1 aromatic rings. The van der Waals surface area contributed by atoms with Gasteiger partial charge in [-0.3, -0.25) is 0 Å². The van der Waals surface area contributed by atoms with Crippen LogP contribution in [-0.4, -0.2) is 7.05 Å². The van der Waals surface area contributed by atoms with Gasteiger partial charge in [0, 0.05) is 10.9 Å². The van der Waals surface area contributed by atoms with Crippen molar-refractivity contribution in [1.29, 1.82) is 0 Å². The summed E-state index contributed by atoms with van der Waals surface area (Å²) in [6.07, 6.45) is 1.99. The number of nitrogens with one attached hydrogen (secondary N) is 1. The van der Waals surface area contributed by atoms with E-state index in [0.29, 0.717) is 6.04 Å². The normalized spacial score (nSPS) is 12.8. The maximum Gasteiger partial charge on any atom is 0.0561 e. The highest BCUT2D eigenvalue weighted by atomic mass is 35.5. The van der Waals surface area contributed by atoms with Crippen molar-refractivity contribution in [3.63, 3.8) is 0 Å². The predicted molar refractivity (Wildman–Crippen MR) is 65.2 cm³/mol. The van der Waals surface area contributed by atoms with Gasteiger partial charge in [-0.25, -0.2) is 0 Å². The number of thiophene rings is 1. The molecule has 1 N–H and O–H groups in total. The molecule has 1 aromatic heterocycles. The maximum absolute atomic E-state index is 6.08. The lowest BCUT2D eigenvalue weighted by molar-refractivity contribution is 0.592. The second kappa shape index (κ2) is 5.54. The molecule has 78 valence electrons. The van der Waals surface area contributed by atoms with Crippen molar-refractivity contribution in [3.05, 3.63) is 33.5 Å². The van der Waals surface area contributed by atoms with E-state index < -0.39 is 0 Å². The molecule has 1 nitrogen and oxygen atoms in total. The second-order valence-electron chi connectivity index (χ2n) is 3.28. The molecule has 0 bridgehead atoms. The van der Waals surface area contributed by atoms with Crippen LogP contribution >= 0.6 is 22.9 Å². The summed E-state index contributed by atoms with van der Waals surface area (Å²) >= 11 is 7.78. The Morgan fingerprint density at radius 2 is 2.43 bits per heavy atom. The van der Waals surface area contributed by atoms with Crippen LogP contribution < -0.4 is 5.32 Å². The Morgan fingerprint density at radius 1 is 1.71 bits per heavy atom.